The van der Waals surface area contributed by atoms with Gasteiger partial charge in [0, 0.05) is 11.3 Å². The second-order valence-corrected chi connectivity index (χ2v) is 8.43. The Morgan fingerprint density at radius 1 is 1.13 bits per heavy atom. The van der Waals surface area contributed by atoms with E-state index in [9.17, 15) is 18.8 Å². The molecule has 2 aromatic carbocycles. The van der Waals surface area contributed by atoms with Gasteiger partial charge in [-0.05, 0) is 42.5 Å². The molecule has 1 heterocycles. The van der Waals surface area contributed by atoms with Crippen molar-refractivity contribution in [2.24, 2.45) is 5.73 Å². The summed E-state index contributed by atoms with van der Waals surface area (Å²) in [7, 11) is 0. The van der Waals surface area contributed by atoms with E-state index >= 15 is 0 Å². The van der Waals surface area contributed by atoms with Gasteiger partial charge < -0.3 is 21.7 Å². The van der Waals surface area contributed by atoms with Crippen molar-refractivity contribution in [3.05, 3.63) is 63.9 Å². The number of nitrogens with one attached hydrogen (secondary N) is 4. The van der Waals surface area contributed by atoms with Crippen molar-refractivity contribution in [2.75, 3.05) is 11.1 Å². The van der Waals surface area contributed by atoms with E-state index in [2.05, 4.69) is 21.3 Å². The molecule has 0 radical (unpaired) electrons. The molecule has 3 amide bonds. The van der Waals surface area contributed by atoms with Crippen LogP contribution in [0.4, 0.5) is 10.1 Å². The molecule has 0 bridgehead atoms. The molecule has 31 heavy (non-hydrogen) atoms. The third kappa shape index (κ3) is 6.31. The first-order valence-corrected chi connectivity index (χ1v) is 10.8. The predicted molar refractivity (Wildman–Crippen MR) is 118 cm³/mol. The summed E-state index contributed by atoms with van der Waals surface area (Å²) in [6.45, 7) is 0. The van der Waals surface area contributed by atoms with Crippen molar-refractivity contribution in [3.8, 4) is 0 Å². The van der Waals surface area contributed by atoms with Crippen LogP contribution in [0.2, 0.25) is 10.0 Å². The highest BCUT2D eigenvalue weighted by Crippen LogP contribution is 2.25. The molecule has 1 saturated heterocycles. The summed E-state index contributed by atoms with van der Waals surface area (Å²) in [5.74, 6) is -1.86. The van der Waals surface area contributed by atoms with Gasteiger partial charge in [0.15, 0.2) is 0 Å². The maximum absolute atomic E-state index is 13.0. The molecule has 0 saturated carbocycles. The number of carbonyl (C=O) groups excluding carboxylic acids is 3. The van der Waals surface area contributed by atoms with E-state index in [0.717, 1.165) is 23.9 Å². The number of hydrogen-bond acceptors (Lipinski definition) is 6. The van der Waals surface area contributed by atoms with Crippen LogP contribution in [-0.2, 0) is 9.59 Å². The number of hydrogen-bond donors (Lipinski definition) is 5. The number of benzene rings is 2. The molecule has 3 atom stereocenters. The smallest absolute Gasteiger partial charge is 0.252 e. The lowest BCUT2D eigenvalue weighted by atomic mass is 10.1. The van der Waals surface area contributed by atoms with Crippen LogP contribution in [0.25, 0.3) is 0 Å². The van der Waals surface area contributed by atoms with Gasteiger partial charge in [-0.25, -0.2) is 4.39 Å². The van der Waals surface area contributed by atoms with Crippen LogP contribution in [-0.4, -0.2) is 41.2 Å². The average Bonchev–Trinajstić information content (AvgIpc) is 2.72. The first-order chi connectivity index (χ1) is 14.7. The fraction of sp³-hybridized carbons (Fsp3) is 0.211. The first kappa shape index (κ1) is 23.3. The van der Waals surface area contributed by atoms with E-state index in [1.165, 1.54) is 18.2 Å². The van der Waals surface area contributed by atoms with Crippen molar-refractivity contribution in [1.82, 2.24) is 16.0 Å². The lowest BCUT2D eigenvalue weighted by Crippen LogP contribution is -2.70. The largest absolute Gasteiger partial charge is 0.338 e. The maximum atomic E-state index is 13.0. The lowest BCUT2D eigenvalue weighted by molar-refractivity contribution is -0.125. The van der Waals surface area contributed by atoms with Crippen LogP contribution >= 0.6 is 35.0 Å². The molecule has 0 spiro atoms. The van der Waals surface area contributed by atoms with E-state index in [0.29, 0.717) is 15.7 Å². The molecule has 2 aromatic rings. The Morgan fingerprint density at radius 2 is 1.84 bits per heavy atom. The first-order valence-electron chi connectivity index (χ1n) is 8.98. The van der Waals surface area contributed by atoms with Gasteiger partial charge in [0.05, 0.1) is 22.0 Å². The second kappa shape index (κ2) is 10.3. The molecular formula is C19H18Cl2FN5O3S. The minimum absolute atomic E-state index is 0.0114. The van der Waals surface area contributed by atoms with Gasteiger partial charge in [0.2, 0.25) is 11.8 Å². The molecule has 12 heteroatoms. The van der Waals surface area contributed by atoms with Gasteiger partial charge in [-0.1, -0.05) is 23.2 Å². The Labute approximate surface area is 191 Å². The SMILES string of the molecule is NC1NC(SCC(=O)Nc2ccc(Cl)c(Cl)c2)NC(=O)C1NC(=O)c1ccc(F)cc1. The summed E-state index contributed by atoms with van der Waals surface area (Å²) in [6, 6.07) is 8.55. The summed E-state index contributed by atoms with van der Waals surface area (Å²) in [4.78, 5) is 36.8. The average molecular weight is 486 g/mol. The van der Waals surface area contributed by atoms with Crippen LogP contribution in [0.3, 0.4) is 0 Å². The van der Waals surface area contributed by atoms with Crippen molar-refractivity contribution in [2.45, 2.75) is 17.7 Å². The standard InChI is InChI=1S/C19H18Cl2FN5O3S/c20-12-6-5-11(7-13(12)21)24-14(28)8-31-19-26-16(23)15(18(30)27-19)25-17(29)9-1-3-10(22)4-2-9/h1-7,15-16,19,26H,8,23H2,(H,24,28)(H,25,29)(H,27,30). The summed E-state index contributed by atoms with van der Waals surface area (Å²) < 4.78 is 13.0. The monoisotopic (exact) mass is 485 g/mol. The molecule has 3 unspecified atom stereocenters. The molecule has 0 aliphatic carbocycles. The van der Waals surface area contributed by atoms with E-state index in [-0.39, 0.29) is 17.2 Å². The minimum Gasteiger partial charge on any atom is -0.338 e. The number of amides is 3. The molecule has 1 fully saturated rings. The number of rotatable bonds is 6. The van der Waals surface area contributed by atoms with Gasteiger partial charge in [-0.15, -0.1) is 11.8 Å². The van der Waals surface area contributed by atoms with E-state index in [4.69, 9.17) is 28.9 Å². The normalized spacial score (nSPS) is 20.6. The van der Waals surface area contributed by atoms with E-state index in [1.54, 1.807) is 12.1 Å². The van der Waals surface area contributed by atoms with Crippen LogP contribution in [0.15, 0.2) is 42.5 Å². The second-order valence-electron chi connectivity index (χ2n) is 6.53. The summed E-state index contributed by atoms with van der Waals surface area (Å²) >= 11 is 12.9. The molecule has 8 nitrogen and oxygen atoms in total. The molecule has 164 valence electrons. The highest BCUT2D eigenvalue weighted by molar-refractivity contribution is 8.00. The maximum Gasteiger partial charge on any atom is 0.252 e. The Balaban J connectivity index is 1.49. The van der Waals surface area contributed by atoms with Crippen LogP contribution < -0.4 is 27.0 Å². The molecule has 1 aliphatic rings. The molecule has 1 aliphatic heterocycles. The third-order valence-corrected chi connectivity index (χ3v) is 5.99. The molecular weight excluding hydrogens is 468 g/mol. The Morgan fingerprint density at radius 3 is 2.48 bits per heavy atom. The van der Waals surface area contributed by atoms with Crippen LogP contribution in [0.5, 0.6) is 0 Å². The van der Waals surface area contributed by atoms with E-state index < -0.39 is 35.3 Å². The molecule has 6 N–H and O–H groups in total. The van der Waals surface area contributed by atoms with E-state index in [1.807, 2.05) is 0 Å². The number of carbonyl (C=O) groups is 3. The Hall–Kier alpha value is -2.37. The van der Waals surface area contributed by atoms with Crippen LogP contribution in [0, 0.1) is 5.82 Å². The highest BCUT2D eigenvalue weighted by Gasteiger charge is 2.35. The molecule has 3 rings (SSSR count). The van der Waals surface area contributed by atoms with Crippen molar-refractivity contribution >= 4 is 58.4 Å². The Bertz CT molecular complexity index is 995. The summed E-state index contributed by atoms with van der Waals surface area (Å²) in [6.07, 6.45) is -0.895. The van der Waals surface area contributed by atoms with Gasteiger partial charge in [0.1, 0.15) is 17.4 Å². The fourth-order valence-electron chi connectivity index (χ4n) is 2.70. The topological polar surface area (TPSA) is 125 Å². The fourth-order valence-corrected chi connectivity index (χ4v) is 3.84. The van der Waals surface area contributed by atoms with Crippen molar-refractivity contribution < 1.29 is 18.8 Å². The minimum atomic E-state index is -1.04. The van der Waals surface area contributed by atoms with Gasteiger partial charge in [-0.2, -0.15) is 0 Å². The van der Waals surface area contributed by atoms with Gasteiger partial charge in [-0.3, -0.25) is 19.7 Å². The summed E-state index contributed by atoms with van der Waals surface area (Å²) in [5, 5.41) is 11.4. The van der Waals surface area contributed by atoms with Gasteiger partial charge in [0.25, 0.3) is 5.91 Å². The quantitative estimate of drug-likeness (QED) is 0.425. The highest BCUT2D eigenvalue weighted by atomic mass is 35.5. The molecule has 0 aromatic heterocycles. The zero-order chi connectivity index (χ0) is 22.5. The van der Waals surface area contributed by atoms with Crippen molar-refractivity contribution in [1.29, 1.82) is 0 Å². The third-order valence-electron chi connectivity index (χ3n) is 4.24. The van der Waals surface area contributed by atoms with Crippen LogP contribution in [0.1, 0.15) is 10.4 Å². The summed E-state index contributed by atoms with van der Waals surface area (Å²) in [5.41, 5.74) is 6.02. The number of thioether (sulfide) groups is 1. The zero-order valence-electron chi connectivity index (χ0n) is 15.8. The number of anilines is 1. The lowest BCUT2D eigenvalue weighted by Gasteiger charge is -2.35. The van der Waals surface area contributed by atoms with Gasteiger partial charge >= 0.3 is 0 Å². The zero-order valence-corrected chi connectivity index (χ0v) is 18.2. The number of nitrogens with two attached hydrogens (primary N) is 1. The van der Waals surface area contributed by atoms with Crippen molar-refractivity contribution in [3.63, 3.8) is 0 Å². The predicted octanol–water partition coefficient (Wildman–Crippen LogP) is 1.89. The Kier molecular flexibility index (Phi) is 7.74. The number of halogens is 3.